The van der Waals surface area contributed by atoms with Crippen LogP contribution in [0.2, 0.25) is 0 Å². The molecular formula is C13H27N. The van der Waals surface area contributed by atoms with Crippen LogP contribution in [0.5, 0.6) is 0 Å². The van der Waals surface area contributed by atoms with Crippen LogP contribution in [0.25, 0.3) is 0 Å². The molecule has 1 heteroatoms. The highest BCUT2D eigenvalue weighted by Gasteiger charge is 2.39. The van der Waals surface area contributed by atoms with E-state index in [2.05, 4.69) is 34.6 Å². The predicted octanol–water partition coefficient (Wildman–Crippen LogP) is 3.43. The van der Waals surface area contributed by atoms with E-state index >= 15 is 0 Å². The minimum absolute atomic E-state index is 0.460. The predicted molar refractivity (Wildman–Crippen MR) is 63.1 cm³/mol. The van der Waals surface area contributed by atoms with E-state index in [0.29, 0.717) is 11.5 Å². The van der Waals surface area contributed by atoms with Gasteiger partial charge in [-0.3, -0.25) is 0 Å². The van der Waals surface area contributed by atoms with Gasteiger partial charge in [-0.2, -0.15) is 0 Å². The van der Waals surface area contributed by atoms with Gasteiger partial charge >= 0.3 is 0 Å². The molecule has 0 amide bonds. The second kappa shape index (κ2) is 4.22. The lowest BCUT2D eigenvalue weighted by molar-refractivity contribution is 0.138. The third kappa shape index (κ3) is 2.73. The molecule has 0 aromatic heterocycles. The number of nitrogens with two attached hydrogens (primary N) is 1. The minimum Gasteiger partial charge on any atom is -0.328 e. The first kappa shape index (κ1) is 12.0. The molecule has 0 bridgehead atoms. The Kier molecular flexibility index (Phi) is 3.63. The largest absolute Gasteiger partial charge is 0.328 e. The van der Waals surface area contributed by atoms with E-state index in [1.54, 1.807) is 0 Å². The van der Waals surface area contributed by atoms with E-state index in [4.69, 9.17) is 5.73 Å². The highest BCUT2D eigenvalue weighted by molar-refractivity contribution is 4.91. The fourth-order valence-electron chi connectivity index (χ4n) is 3.59. The summed E-state index contributed by atoms with van der Waals surface area (Å²) in [5, 5.41) is 0. The number of rotatable bonds is 3. The monoisotopic (exact) mass is 197 g/mol. The lowest BCUT2D eigenvalue weighted by Gasteiger charge is -2.36. The van der Waals surface area contributed by atoms with Crippen molar-refractivity contribution in [2.24, 2.45) is 28.9 Å². The Labute approximate surface area is 89.5 Å². The van der Waals surface area contributed by atoms with Gasteiger partial charge in [-0.25, -0.2) is 0 Å². The van der Waals surface area contributed by atoms with Crippen LogP contribution in [0, 0.1) is 23.2 Å². The van der Waals surface area contributed by atoms with E-state index in [-0.39, 0.29) is 0 Å². The lowest BCUT2D eigenvalue weighted by atomic mass is 9.69. The zero-order valence-corrected chi connectivity index (χ0v) is 10.5. The van der Waals surface area contributed by atoms with Gasteiger partial charge in [0.2, 0.25) is 0 Å². The van der Waals surface area contributed by atoms with Crippen LogP contribution in [0.4, 0.5) is 0 Å². The minimum atomic E-state index is 0.460. The fourth-order valence-corrected chi connectivity index (χ4v) is 3.59. The Morgan fingerprint density at radius 3 is 2.21 bits per heavy atom. The quantitative estimate of drug-likeness (QED) is 0.737. The second-order valence-corrected chi connectivity index (χ2v) is 6.40. The summed E-state index contributed by atoms with van der Waals surface area (Å²) in [6.45, 7) is 11.9. The van der Waals surface area contributed by atoms with Crippen molar-refractivity contribution in [1.29, 1.82) is 0 Å². The fraction of sp³-hybridized carbons (Fsp3) is 1.00. The third-order valence-electron chi connectivity index (χ3n) is 3.86. The van der Waals surface area contributed by atoms with Gasteiger partial charge in [0.15, 0.2) is 0 Å². The van der Waals surface area contributed by atoms with Gasteiger partial charge in [-0.1, -0.05) is 34.6 Å². The van der Waals surface area contributed by atoms with Crippen molar-refractivity contribution in [3.8, 4) is 0 Å². The van der Waals surface area contributed by atoms with E-state index in [0.717, 1.165) is 17.8 Å². The standard InChI is InChI=1S/C13H27N/c1-9(2)8-13(4,5)12-7-11(14)6-10(12)3/h9-12H,6-8,14H2,1-5H3. The van der Waals surface area contributed by atoms with Crippen molar-refractivity contribution in [1.82, 2.24) is 0 Å². The highest BCUT2D eigenvalue weighted by Crippen LogP contribution is 2.46. The van der Waals surface area contributed by atoms with Crippen LogP contribution in [-0.2, 0) is 0 Å². The SMILES string of the molecule is CC(C)CC(C)(C)C1CC(N)CC1C. The highest BCUT2D eigenvalue weighted by atomic mass is 14.7. The Morgan fingerprint density at radius 2 is 1.86 bits per heavy atom. The molecule has 1 rings (SSSR count). The molecular weight excluding hydrogens is 170 g/mol. The summed E-state index contributed by atoms with van der Waals surface area (Å²) in [7, 11) is 0. The van der Waals surface area contributed by atoms with Gasteiger partial charge < -0.3 is 5.73 Å². The maximum Gasteiger partial charge on any atom is 0.00444 e. The van der Waals surface area contributed by atoms with Gasteiger partial charge in [0, 0.05) is 6.04 Å². The number of hydrogen-bond donors (Lipinski definition) is 1. The molecule has 3 unspecified atom stereocenters. The van der Waals surface area contributed by atoms with Crippen LogP contribution in [0.1, 0.15) is 53.9 Å². The zero-order valence-electron chi connectivity index (χ0n) is 10.5. The summed E-state index contributed by atoms with van der Waals surface area (Å²) < 4.78 is 0. The smallest absolute Gasteiger partial charge is 0.00444 e. The van der Waals surface area contributed by atoms with Crippen LogP contribution < -0.4 is 5.73 Å². The van der Waals surface area contributed by atoms with Gasteiger partial charge in [0.1, 0.15) is 0 Å². The van der Waals surface area contributed by atoms with Gasteiger partial charge in [0.25, 0.3) is 0 Å². The van der Waals surface area contributed by atoms with Crippen LogP contribution >= 0.6 is 0 Å². The van der Waals surface area contributed by atoms with Crippen molar-refractivity contribution in [3.05, 3.63) is 0 Å². The molecule has 1 fully saturated rings. The van der Waals surface area contributed by atoms with Gasteiger partial charge in [0.05, 0.1) is 0 Å². The molecule has 0 aliphatic heterocycles. The molecule has 1 nitrogen and oxygen atoms in total. The van der Waals surface area contributed by atoms with Crippen molar-refractivity contribution < 1.29 is 0 Å². The zero-order chi connectivity index (χ0) is 10.9. The molecule has 0 spiro atoms. The van der Waals surface area contributed by atoms with Crippen LogP contribution in [-0.4, -0.2) is 6.04 Å². The third-order valence-corrected chi connectivity index (χ3v) is 3.86. The first-order valence-electron chi connectivity index (χ1n) is 6.08. The van der Waals surface area contributed by atoms with Crippen molar-refractivity contribution in [3.63, 3.8) is 0 Å². The van der Waals surface area contributed by atoms with E-state index in [9.17, 15) is 0 Å². The molecule has 0 radical (unpaired) electrons. The lowest BCUT2D eigenvalue weighted by Crippen LogP contribution is -2.28. The maximum atomic E-state index is 6.04. The summed E-state index contributed by atoms with van der Waals surface area (Å²) in [4.78, 5) is 0. The molecule has 1 saturated carbocycles. The summed E-state index contributed by atoms with van der Waals surface area (Å²) >= 11 is 0. The second-order valence-electron chi connectivity index (χ2n) is 6.40. The first-order chi connectivity index (χ1) is 6.33. The molecule has 1 aliphatic carbocycles. The average Bonchev–Trinajstić information content (AvgIpc) is 2.27. The Morgan fingerprint density at radius 1 is 1.29 bits per heavy atom. The molecule has 0 saturated heterocycles. The summed E-state index contributed by atoms with van der Waals surface area (Å²) in [5.41, 5.74) is 6.52. The molecule has 0 aromatic rings. The molecule has 84 valence electrons. The summed E-state index contributed by atoms with van der Waals surface area (Å²) in [6.07, 6.45) is 3.79. The Balaban J connectivity index is 2.62. The van der Waals surface area contributed by atoms with Crippen molar-refractivity contribution in [2.75, 3.05) is 0 Å². The van der Waals surface area contributed by atoms with Gasteiger partial charge in [-0.15, -0.1) is 0 Å². The molecule has 1 aliphatic rings. The Hall–Kier alpha value is -0.0400. The van der Waals surface area contributed by atoms with Crippen LogP contribution in [0.3, 0.4) is 0 Å². The molecule has 0 heterocycles. The van der Waals surface area contributed by atoms with Crippen LogP contribution in [0.15, 0.2) is 0 Å². The van der Waals surface area contributed by atoms with E-state index in [1.807, 2.05) is 0 Å². The van der Waals surface area contributed by atoms with E-state index in [1.165, 1.54) is 19.3 Å². The Bertz CT molecular complexity index is 184. The number of hydrogen-bond acceptors (Lipinski definition) is 1. The average molecular weight is 197 g/mol. The molecule has 0 aromatic carbocycles. The van der Waals surface area contributed by atoms with Crippen molar-refractivity contribution >= 4 is 0 Å². The normalized spacial score (nSPS) is 34.1. The topological polar surface area (TPSA) is 26.0 Å². The molecule has 2 N–H and O–H groups in total. The van der Waals surface area contributed by atoms with E-state index < -0.39 is 0 Å². The van der Waals surface area contributed by atoms with Gasteiger partial charge in [-0.05, 0) is 42.4 Å². The maximum absolute atomic E-state index is 6.04. The summed E-state index contributed by atoms with van der Waals surface area (Å²) in [5.74, 6) is 2.45. The molecule has 14 heavy (non-hydrogen) atoms. The summed E-state index contributed by atoms with van der Waals surface area (Å²) in [6, 6.07) is 0.460. The van der Waals surface area contributed by atoms with Crippen molar-refractivity contribution in [2.45, 2.75) is 59.9 Å². The first-order valence-corrected chi connectivity index (χ1v) is 6.08. The molecule has 3 atom stereocenters.